The Hall–Kier alpha value is -1.62. The van der Waals surface area contributed by atoms with Crippen LogP contribution in [0.4, 0.5) is 10.5 Å². The summed E-state index contributed by atoms with van der Waals surface area (Å²) in [6.45, 7) is 11.3. The highest BCUT2D eigenvalue weighted by Crippen LogP contribution is 2.19. The molecule has 0 radical (unpaired) electrons. The lowest BCUT2D eigenvalue weighted by Gasteiger charge is -2.23. The van der Waals surface area contributed by atoms with Crippen molar-refractivity contribution in [2.24, 2.45) is 0 Å². The van der Waals surface area contributed by atoms with Crippen LogP contribution in [-0.2, 0) is 4.74 Å². The Labute approximate surface area is 132 Å². The van der Waals surface area contributed by atoms with Crippen molar-refractivity contribution in [3.63, 3.8) is 0 Å². The molecule has 5 heteroatoms. The summed E-state index contributed by atoms with van der Waals surface area (Å²) in [4.78, 5) is 12.3. The average molecular weight is 308 g/mol. The predicted molar refractivity (Wildman–Crippen MR) is 91.0 cm³/mol. The Kier molecular flexibility index (Phi) is 5.72. The van der Waals surface area contributed by atoms with E-state index in [1.165, 1.54) is 0 Å². The first-order valence-electron chi connectivity index (χ1n) is 6.97. The van der Waals surface area contributed by atoms with Gasteiger partial charge in [-0.05, 0) is 52.7 Å². The maximum absolute atomic E-state index is 11.7. The lowest BCUT2D eigenvalue weighted by molar-refractivity contribution is 0.0521. The van der Waals surface area contributed by atoms with E-state index in [-0.39, 0.29) is 6.04 Å². The van der Waals surface area contributed by atoms with E-state index in [1.807, 2.05) is 59.7 Å². The lowest BCUT2D eigenvalue weighted by Crippen LogP contribution is -2.43. The van der Waals surface area contributed by atoms with Gasteiger partial charge in [0.25, 0.3) is 0 Å². The highest BCUT2D eigenvalue weighted by atomic mass is 32.1. The Morgan fingerprint density at radius 2 is 1.76 bits per heavy atom. The minimum Gasteiger partial charge on any atom is -0.444 e. The number of carbonyl (C=O) groups excluding carboxylic acids is 1. The Morgan fingerprint density at radius 3 is 2.24 bits per heavy atom. The van der Waals surface area contributed by atoms with Gasteiger partial charge in [0.15, 0.2) is 0 Å². The van der Waals surface area contributed by atoms with Crippen LogP contribution < -0.4 is 10.6 Å². The van der Waals surface area contributed by atoms with Crippen LogP contribution in [-0.4, -0.2) is 22.7 Å². The van der Waals surface area contributed by atoms with E-state index in [9.17, 15) is 4.79 Å². The highest BCUT2D eigenvalue weighted by molar-refractivity contribution is 7.80. The van der Waals surface area contributed by atoms with Crippen molar-refractivity contribution in [2.75, 3.05) is 5.32 Å². The number of amides is 1. The Balaban J connectivity index is 2.65. The first kappa shape index (κ1) is 17.4. The standard InChI is InChI=1S/C16H24N2O2S/c1-10-8-7-9-11(2)13(10)18-14(21)12(3)17-15(19)20-16(4,5)6/h7-9,12H,1-6H3,(H,17,19)(H,18,21)/t12-/m0/s1. The number of benzene rings is 1. The first-order valence-corrected chi connectivity index (χ1v) is 7.37. The van der Waals surface area contributed by atoms with Crippen molar-refractivity contribution in [1.29, 1.82) is 0 Å². The van der Waals surface area contributed by atoms with Crippen molar-refractivity contribution in [3.8, 4) is 0 Å². The van der Waals surface area contributed by atoms with Crippen LogP contribution in [0.1, 0.15) is 38.8 Å². The second-order valence-corrected chi connectivity index (χ2v) is 6.56. The van der Waals surface area contributed by atoms with Crippen LogP contribution >= 0.6 is 12.2 Å². The van der Waals surface area contributed by atoms with Crippen LogP contribution in [0.25, 0.3) is 0 Å². The maximum atomic E-state index is 11.7. The van der Waals surface area contributed by atoms with Gasteiger partial charge < -0.3 is 15.4 Å². The topological polar surface area (TPSA) is 50.4 Å². The molecule has 0 aromatic heterocycles. The molecule has 0 fully saturated rings. The van der Waals surface area contributed by atoms with Crippen LogP contribution in [0.2, 0.25) is 0 Å². The Morgan fingerprint density at radius 1 is 1.24 bits per heavy atom. The summed E-state index contributed by atoms with van der Waals surface area (Å²) in [5.74, 6) is 0. The van der Waals surface area contributed by atoms with E-state index in [2.05, 4.69) is 10.6 Å². The number of hydrogen-bond acceptors (Lipinski definition) is 3. The van der Waals surface area contributed by atoms with Crippen molar-refractivity contribution in [1.82, 2.24) is 5.32 Å². The number of thiocarbonyl (C=S) groups is 1. The van der Waals surface area contributed by atoms with Crippen molar-refractivity contribution in [3.05, 3.63) is 29.3 Å². The fourth-order valence-corrected chi connectivity index (χ4v) is 1.95. The molecule has 0 saturated heterocycles. The van der Waals surface area contributed by atoms with Crippen molar-refractivity contribution < 1.29 is 9.53 Å². The van der Waals surface area contributed by atoms with Gasteiger partial charge in [-0.1, -0.05) is 30.4 Å². The number of anilines is 1. The molecule has 0 aliphatic rings. The maximum Gasteiger partial charge on any atom is 0.408 e. The van der Waals surface area contributed by atoms with E-state index in [4.69, 9.17) is 17.0 Å². The lowest BCUT2D eigenvalue weighted by atomic mass is 10.1. The van der Waals surface area contributed by atoms with Gasteiger partial charge in [-0.25, -0.2) is 4.79 Å². The van der Waals surface area contributed by atoms with E-state index >= 15 is 0 Å². The van der Waals surface area contributed by atoms with Gasteiger partial charge in [0.05, 0.1) is 6.04 Å². The molecular formula is C16H24N2O2S. The number of para-hydroxylation sites is 1. The second kappa shape index (κ2) is 6.89. The van der Waals surface area contributed by atoms with Crippen LogP contribution in [0, 0.1) is 13.8 Å². The van der Waals surface area contributed by atoms with Gasteiger partial charge in [-0.3, -0.25) is 0 Å². The summed E-state index contributed by atoms with van der Waals surface area (Å²) in [6, 6.07) is 5.73. The molecule has 1 aromatic carbocycles. The zero-order chi connectivity index (χ0) is 16.2. The summed E-state index contributed by atoms with van der Waals surface area (Å²) in [5, 5.41) is 5.94. The summed E-state index contributed by atoms with van der Waals surface area (Å²) in [5.41, 5.74) is 2.69. The first-order chi connectivity index (χ1) is 9.60. The largest absolute Gasteiger partial charge is 0.444 e. The molecular weight excluding hydrogens is 284 g/mol. The fraction of sp³-hybridized carbons (Fsp3) is 0.500. The van der Waals surface area contributed by atoms with Crippen LogP contribution in [0.15, 0.2) is 18.2 Å². The smallest absolute Gasteiger partial charge is 0.408 e. The number of hydrogen-bond donors (Lipinski definition) is 2. The molecule has 0 spiro atoms. The van der Waals surface area contributed by atoms with Gasteiger partial charge in [-0.15, -0.1) is 0 Å². The van der Waals surface area contributed by atoms with Crippen LogP contribution in [0.3, 0.4) is 0 Å². The number of rotatable bonds is 3. The number of aryl methyl sites for hydroxylation is 2. The van der Waals surface area contributed by atoms with E-state index in [0.717, 1.165) is 16.8 Å². The summed E-state index contributed by atoms with van der Waals surface area (Å²) >= 11 is 5.36. The molecule has 2 N–H and O–H groups in total. The highest BCUT2D eigenvalue weighted by Gasteiger charge is 2.19. The minimum atomic E-state index is -0.522. The Bertz CT molecular complexity index is 515. The van der Waals surface area contributed by atoms with E-state index in [0.29, 0.717) is 4.99 Å². The number of alkyl carbamates (subject to hydrolysis) is 1. The van der Waals surface area contributed by atoms with Gasteiger partial charge in [0.1, 0.15) is 10.6 Å². The fourth-order valence-electron chi connectivity index (χ4n) is 1.79. The monoisotopic (exact) mass is 308 g/mol. The SMILES string of the molecule is Cc1cccc(C)c1NC(=S)[C@H](C)NC(=O)OC(C)(C)C. The average Bonchev–Trinajstić information content (AvgIpc) is 2.31. The summed E-state index contributed by atoms with van der Waals surface area (Å²) in [7, 11) is 0. The molecule has 1 amide bonds. The summed E-state index contributed by atoms with van der Waals surface area (Å²) in [6.07, 6.45) is -0.472. The molecule has 0 unspecified atom stereocenters. The third-order valence-corrected chi connectivity index (χ3v) is 3.31. The number of nitrogens with one attached hydrogen (secondary N) is 2. The molecule has 0 aliphatic carbocycles. The zero-order valence-corrected chi connectivity index (χ0v) is 14.4. The van der Waals surface area contributed by atoms with E-state index < -0.39 is 11.7 Å². The molecule has 21 heavy (non-hydrogen) atoms. The van der Waals surface area contributed by atoms with Gasteiger partial charge in [-0.2, -0.15) is 0 Å². The number of ether oxygens (including phenoxy) is 1. The molecule has 0 aliphatic heterocycles. The molecule has 1 rings (SSSR count). The molecule has 0 heterocycles. The minimum absolute atomic E-state index is 0.311. The third kappa shape index (κ3) is 5.71. The van der Waals surface area contributed by atoms with Crippen molar-refractivity contribution in [2.45, 2.75) is 53.2 Å². The third-order valence-electron chi connectivity index (χ3n) is 2.86. The molecule has 4 nitrogen and oxygen atoms in total. The van der Waals surface area contributed by atoms with Gasteiger partial charge >= 0.3 is 6.09 Å². The molecule has 0 saturated carbocycles. The number of carbonyl (C=O) groups is 1. The quantitative estimate of drug-likeness (QED) is 0.830. The van der Waals surface area contributed by atoms with Crippen LogP contribution in [0.5, 0.6) is 0 Å². The molecule has 116 valence electrons. The molecule has 0 bridgehead atoms. The molecule has 1 aromatic rings. The summed E-state index contributed by atoms with van der Waals surface area (Å²) < 4.78 is 5.22. The molecule has 1 atom stereocenters. The zero-order valence-electron chi connectivity index (χ0n) is 13.5. The van der Waals surface area contributed by atoms with Gasteiger partial charge in [0, 0.05) is 5.69 Å². The van der Waals surface area contributed by atoms with Crippen molar-refractivity contribution >= 4 is 29.0 Å². The predicted octanol–water partition coefficient (Wildman–Crippen LogP) is 3.96. The van der Waals surface area contributed by atoms with E-state index in [1.54, 1.807) is 0 Å². The second-order valence-electron chi connectivity index (χ2n) is 6.12. The van der Waals surface area contributed by atoms with Gasteiger partial charge in [0.2, 0.25) is 0 Å². The normalized spacial score (nSPS) is 12.5.